The quantitative estimate of drug-likeness (QED) is 0.831. The summed E-state index contributed by atoms with van der Waals surface area (Å²) in [6.07, 6.45) is 5.25. The predicted octanol–water partition coefficient (Wildman–Crippen LogP) is 3.74. The Morgan fingerprint density at radius 1 is 1.29 bits per heavy atom. The zero-order valence-electron chi connectivity index (χ0n) is 10.8. The van der Waals surface area contributed by atoms with Crippen molar-refractivity contribution in [2.45, 2.75) is 46.5 Å². The van der Waals surface area contributed by atoms with Crippen molar-refractivity contribution < 1.29 is 0 Å². The topological polar surface area (TPSA) is 37.8 Å². The highest BCUT2D eigenvalue weighted by Gasteiger charge is 2.34. The fourth-order valence-corrected chi connectivity index (χ4v) is 2.58. The molecule has 94 valence electrons. The molecule has 0 unspecified atom stereocenters. The van der Waals surface area contributed by atoms with Gasteiger partial charge in [0.2, 0.25) is 0 Å². The van der Waals surface area contributed by atoms with Gasteiger partial charge in [0.05, 0.1) is 0 Å². The molecule has 1 aromatic heterocycles. The van der Waals surface area contributed by atoms with Gasteiger partial charge in [0, 0.05) is 12.1 Å². The number of aryl methyl sites for hydroxylation is 1. The van der Waals surface area contributed by atoms with Crippen molar-refractivity contribution in [3.05, 3.63) is 16.5 Å². The van der Waals surface area contributed by atoms with E-state index in [0.29, 0.717) is 10.6 Å². The van der Waals surface area contributed by atoms with Crippen LogP contribution in [0.1, 0.15) is 44.0 Å². The van der Waals surface area contributed by atoms with Gasteiger partial charge < -0.3 is 5.32 Å². The van der Waals surface area contributed by atoms with E-state index in [1.165, 1.54) is 25.7 Å². The summed E-state index contributed by atoms with van der Waals surface area (Å²) in [6.45, 7) is 7.10. The highest BCUT2D eigenvalue weighted by molar-refractivity contribution is 6.30. The Labute approximate surface area is 108 Å². The van der Waals surface area contributed by atoms with Crippen molar-refractivity contribution in [3.63, 3.8) is 0 Å². The zero-order valence-corrected chi connectivity index (χ0v) is 11.6. The third-order valence-corrected chi connectivity index (χ3v) is 4.36. The minimum absolute atomic E-state index is 0.484. The van der Waals surface area contributed by atoms with Gasteiger partial charge in [-0.2, -0.15) is 0 Å². The maximum Gasteiger partial charge on any atom is 0.137 e. The van der Waals surface area contributed by atoms with Crippen molar-refractivity contribution in [3.8, 4) is 0 Å². The van der Waals surface area contributed by atoms with Crippen LogP contribution in [0.5, 0.6) is 0 Å². The van der Waals surface area contributed by atoms with Gasteiger partial charge in [-0.1, -0.05) is 24.9 Å². The largest absolute Gasteiger partial charge is 0.369 e. The first-order valence-electron chi connectivity index (χ1n) is 6.31. The molecule has 17 heavy (non-hydrogen) atoms. The number of halogens is 1. The van der Waals surface area contributed by atoms with Crippen LogP contribution < -0.4 is 5.32 Å². The summed E-state index contributed by atoms with van der Waals surface area (Å²) in [6, 6.07) is 0. The summed E-state index contributed by atoms with van der Waals surface area (Å²) in [4.78, 5) is 8.57. The number of hydrogen-bond donors (Lipinski definition) is 1. The van der Waals surface area contributed by atoms with Gasteiger partial charge in [0.15, 0.2) is 0 Å². The lowest BCUT2D eigenvalue weighted by Crippen LogP contribution is -2.36. The van der Waals surface area contributed by atoms with E-state index in [-0.39, 0.29) is 0 Å². The van der Waals surface area contributed by atoms with Gasteiger partial charge in [-0.25, -0.2) is 9.97 Å². The minimum Gasteiger partial charge on any atom is -0.369 e. The summed E-state index contributed by atoms with van der Waals surface area (Å²) in [5, 5.41) is 4.01. The van der Waals surface area contributed by atoms with Gasteiger partial charge in [0.1, 0.15) is 16.8 Å². The molecule has 0 atom stereocenters. The molecule has 1 heterocycles. The van der Waals surface area contributed by atoms with Gasteiger partial charge in [0.25, 0.3) is 0 Å². The Bertz CT molecular complexity index is 408. The highest BCUT2D eigenvalue weighted by atomic mass is 35.5. The maximum atomic E-state index is 6.06. The van der Waals surface area contributed by atoms with E-state index >= 15 is 0 Å². The lowest BCUT2D eigenvalue weighted by molar-refractivity contribution is 0.145. The Morgan fingerprint density at radius 2 is 2.00 bits per heavy atom. The van der Waals surface area contributed by atoms with Crippen molar-refractivity contribution in [2.75, 3.05) is 11.9 Å². The van der Waals surface area contributed by atoms with Crippen molar-refractivity contribution in [1.29, 1.82) is 0 Å². The molecule has 0 amide bonds. The molecule has 1 N–H and O–H groups in total. The standard InChI is InChI=1S/C13H20ClN3/c1-4-13(6-5-7-13)8-15-12-9(2)11(14)16-10(3)17-12/h4-8H2,1-3H3,(H,15,16,17). The third-order valence-electron chi connectivity index (χ3n) is 3.99. The SMILES string of the molecule is CCC1(CNc2nc(C)nc(Cl)c2C)CCC1. The monoisotopic (exact) mass is 253 g/mol. The molecule has 0 spiro atoms. The smallest absolute Gasteiger partial charge is 0.137 e. The lowest BCUT2D eigenvalue weighted by atomic mass is 9.67. The van der Waals surface area contributed by atoms with E-state index in [0.717, 1.165) is 23.8 Å². The van der Waals surface area contributed by atoms with Crippen molar-refractivity contribution >= 4 is 17.4 Å². The fourth-order valence-electron chi connectivity index (χ4n) is 2.37. The van der Waals surface area contributed by atoms with Gasteiger partial charge in [-0.05, 0) is 38.5 Å². The second-order valence-electron chi connectivity index (χ2n) is 5.10. The molecule has 4 heteroatoms. The van der Waals surface area contributed by atoms with Crippen molar-refractivity contribution in [1.82, 2.24) is 9.97 Å². The van der Waals surface area contributed by atoms with Crippen LogP contribution in [0.15, 0.2) is 0 Å². The second kappa shape index (κ2) is 4.81. The van der Waals surface area contributed by atoms with Crippen LogP contribution in [-0.2, 0) is 0 Å². The molecule has 0 bridgehead atoms. The summed E-state index contributed by atoms with van der Waals surface area (Å²) in [5.74, 6) is 1.62. The fraction of sp³-hybridized carbons (Fsp3) is 0.692. The predicted molar refractivity (Wildman–Crippen MR) is 71.6 cm³/mol. The molecule has 0 radical (unpaired) electrons. The minimum atomic E-state index is 0.484. The Balaban J connectivity index is 2.08. The van der Waals surface area contributed by atoms with Gasteiger partial charge in [-0.15, -0.1) is 0 Å². The van der Waals surface area contributed by atoms with Gasteiger partial charge in [-0.3, -0.25) is 0 Å². The average Bonchev–Trinajstić information content (AvgIpc) is 2.23. The molecule has 2 rings (SSSR count). The van der Waals surface area contributed by atoms with Crippen LogP contribution in [0.25, 0.3) is 0 Å². The van der Waals surface area contributed by atoms with E-state index in [1.807, 2.05) is 13.8 Å². The molecule has 1 aliphatic rings. The number of nitrogens with one attached hydrogen (secondary N) is 1. The van der Waals surface area contributed by atoms with E-state index in [1.54, 1.807) is 0 Å². The van der Waals surface area contributed by atoms with Crippen molar-refractivity contribution in [2.24, 2.45) is 5.41 Å². The molecular formula is C13H20ClN3. The van der Waals surface area contributed by atoms with Crippen LogP contribution in [-0.4, -0.2) is 16.5 Å². The number of hydrogen-bond acceptors (Lipinski definition) is 3. The molecule has 0 aliphatic heterocycles. The first-order valence-corrected chi connectivity index (χ1v) is 6.69. The van der Waals surface area contributed by atoms with E-state index in [4.69, 9.17) is 11.6 Å². The van der Waals surface area contributed by atoms with E-state index in [2.05, 4.69) is 22.2 Å². The van der Waals surface area contributed by atoms with Crippen LogP contribution in [0.2, 0.25) is 5.15 Å². The number of rotatable bonds is 4. The zero-order chi connectivity index (χ0) is 12.5. The normalized spacial score (nSPS) is 17.6. The summed E-state index contributed by atoms with van der Waals surface area (Å²) in [5.41, 5.74) is 1.43. The summed E-state index contributed by atoms with van der Waals surface area (Å²) < 4.78 is 0. The van der Waals surface area contributed by atoms with Crippen LogP contribution in [0.3, 0.4) is 0 Å². The van der Waals surface area contributed by atoms with E-state index < -0.39 is 0 Å². The van der Waals surface area contributed by atoms with Crippen LogP contribution in [0, 0.1) is 19.3 Å². The molecule has 1 aromatic rings. The average molecular weight is 254 g/mol. The molecule has 1 saturated carbocycles. The third kappa shape index (κ3) is 2.54. The number of nitrogens with zero attached hydrogens (tertiary/aromatic N) is 2. The second-order valence-corrected chi connectivity index (χ2v) is 5.45. The lowest BCUT2D eigenvalue weighted by Gasteiger charge is -2.41. The first kappa shape index (κ1) is 12.6. The van der Waals surface area contributed by atoms with Crippen LogP contribution in [0.4, 0.5) is 5.82 Å². The molecule has 1 fully saturated rings. The Hall–Kier alpha value is -0.830. The number of anilines is 1. The first-order chi connectivity index (χ1) is 8.06. The Morgan fingerprint density at radius 3 is 2.53 bits per heavy atom. The summed E-state index contributed by atoms with van der Waals surface area (Å²) in [7, 11) is 0. The molecule has 0 saturated heterocycles. The van der Waals surface area contributed by atoms with E-state index in [9.17, 15) is 0 Å². The maximum absolute atomic E-state index is 6.06. The molecular weight excluding hydrogens is 234 g/mol. The molecule has 3 nitrogen and oxygen atoms in total. The summed E-state index contributed by atoms with van der Waals surface area (Å²) >= 11 is 6.06. The number of aromatic nitrogens is 2. The molecule has 1 aliphatic carbocycles. The molecule has 0 aromatic carbocycles. The van der Waals surface area contributed by atoms with Crippen LogP contribution >= 0.6 is 11.6 Å². The Kier molecular flexibility index (Phi) is 3.57. The van der Waals surface area contributed by atoms with Gasteiger partial charge >= 0.3 is 0 Å². The highest BCUT2D eigenvalue weighted by Crippen LogP contribution is 2.43.